The number of sulfone groups is 1. The lowest BCUT2D eigenvalue weighted by molar-refractivity contribution is -0.114. The molecule has 0 radical (unpaired) electrons. The van der Waals surface area contributed by atoms with Gasteiger partial charge in [-0.15, -0.1) is 5.10 Å². The first-order valence-electron chi connectivity index (χ1n) is 9.73. The third-order valence-electron chi connectivity index (χ3n) is 4.90. The zero-order chi connectivity index (χ0) is 23.8. The topological polar surface area (TPSA) is 121 Å². The highest BCUT2D eigenvalue weighted by Crippen LogP contribution is 2.32. The fourth-order valence-corrected chi connectivity index (χ4v) is 4.80. The molecule has 9 nitrogen and oxygen atoms in total. The molecule has 4 rings (SSSR count). The Bertz CT molecular complexity index is 1360. The molecular formula is C22H20N4O5S2. The van der Waals surface area contributed by atoms with Crippen molar-refractivity contribution in [3.8, 4) is 11.5 Å². The maximum Gasteiger partial charge on any atom is 0.283 e. The number of aryl methyl sites for hydroxylation is 1. The first-order chi connectivity index (χ1) is 15.7. The molecule has 11 heteroatoms. The van der Waals surface area contributed by atoms with Gasteiger partial charge in [-0.1, -0.05) is 30.3 Å². The number of hydrazone groups is 1. The number of ether oxygens (including phenoxy) is 2. The molecule has 0 spiro atoms. The molecule has 2 aliphatic heterocycles. The smallest absolute Gasteiger partial charge is 0.283 e. The van der Waals surface area contributed by atoms with Crippen molar-refractivity contribution in [1.82, 2.24) is 5.01 Å². The maximum absolute atomic E-state index is 12.5. The summed E-state index contributed by atoms with van der Waals surface area (Å²) >= 11 is 0.742. The Hall–Kier alpha value is -3.44. The number of carbonyl (C=O) groups is 1. The van der Waals surface area contributed by atoms with Crippen LogP contribution in [0.5, 0.6) is 11.5 Å². The summed E-state index contributed by atoms with van der Waals surface area (Å²) in [7, 11) is -2.07. The van der Waals surface area contributed by atoms with Crippen molar-refractivity contribution >= 4 is 49.0 Å². The summed E-state index contributed by atoms with van der Waals surface area (Å²) < 4.78 is 34.7. The van der Waals surface area contributed by atoms with Crippen molar-refractivity contribution in [2.75, 3.05) is 13.4 Å². The van der Waals surface area contributed by atoms with Crippen molar-refractivity contribution in [2.45, 2.75) is 13.5 Å². The number of amidine groups is 2. The van der Waals surface area contributed by atoms with E-state index in [1.807, 2.05) is 31.2 Å². The van der Waals surface area contributed by atoms with Gasteiger partial charge in [0.2, 0.25) is 19.4 Å². The van der Waals surface area contributed by atoms with Crippen LogP contribution in [0.2, 0.25) is 0 Å². The van der Waals surface area contributed by atoms with Crippen molar-refractivity contribution in [3.05, 3.63) is 64.7 Å². The highest BCUT2D eigenvalue weighted by Gasteiger charge is 2.38. The first-order valence-corrected chi connectivity index (χ1v) is 12.4. The second kappa shape index (κ2) is 8.83. The molecule has 0 aliphatic carbocycles. The number of fused-ring (bicyclic) bond motifs is 1. The molecule has 170 valence electrons. The van der Waals surface area contributed by atoms with Gasteiger partial charge in [0.15, 0.2) is 17.3 Å². The van der Waals surface area contributed by atoms with Crippen LogP contribution in [-0.4, -0.2) is 48.1 Å². The van der Waals surface area contributed by atoms with Gasteiger partial charge in [-0.25, -0.2) is 8.42 Å². The predicted octanol–water partition coefficient (Wildman–Crippen LogP) is 3.20. The van der Waals surface area contributed by atoms with E-state index < -0.39 is 15.7 Å². The van der Waals surface area contributed by atoms with Crippen molar-refractivity contribution < 1.29 is 22.7 Å². The van der Waals surface area contributed by atoms with Crippen LogP contribution in [-0.2, 0) is 21.2 Å². The number of benzene rings is 2. The van der Waals surface area contributed by atoms with Gasteiger partial charge >= 0.3 is 0 Å². The van der Waals surface area contributed by atoms with E-state index in [0.717, 1.165) is 34.2 Å². The number of nitrogens with one attached hydrogen (secondary N) is 1. The third-order valence-corrected chi connectivity index (χ3v) is 7.47. The molecule has 2 aromatic rings. The standard InChI is InChI=1S/C22H20N4O5S2/c1-13-6-4-5-7-15(13)12-31-17-9-8-14(11-18(17)30-2)10-16-19(23)26-21(24-20(16)27)32-22(25-26)33(3,28)29/h4-11,23H,12H2,1-3H3. The van der Waals surface area contributed by atoms with Gasteiger partial charge in [0.25, 0.3) is 5.91 Å². The van der Waals surface area contributed by atoms with Gasteiger partial charge < -0.3 is 9.47 Å². The fourth-order valence-electron chi connectivity index (χ4n) is 3.11. The Kier molecular flexibility index (Phi) is 6.09. The quantitative estimate of drug-likeness (QED) is 0.647. The summed E-state index contributed by atoms with van der Waals surface area (Å²) in [6.07, 6.45) is 2.49. The van der Waals surface area contributed by atoms with Crippen LogP contribution in [0.4, 0.5) is 0 Å². The van der Waals surface area contributed by atoms with E-state index in [-0.39, 0.29) is 21.0 Å². The zero-order valence-electron chi connectivity index (χ0n) is 18.0. The minimum absolute atomic E-state index is 0.0199. The van der Waals surface area contributed by atoms with Crippen LogP contribution in [0.1, 0.15) is 16.7 Å². The number of carbonyl (C=O) groups excluding carboxylic acids is 1. The molecule has 1 N–H and O–H groups in total. The van der Waals surface area contributed by atoms with E-state index in [4.69, 9.17) is 14.9 Å². The molecular weight excluding hydrogens is 464 g/mol. The minimum Gasteiger partial charge on any atom is -0.493 e. The van der Waals surface area contributed by atoms with Crippen molar-refractivity contribution in [2.24, 2.45) is 10.1 Å². The molecule has 0 bridgehead atoms. The third kappa shape index (κ3) is 4.69. The Morgan fingerprint density at radius 3 is 2.64 bits per heavy atom. The van der Waals surface area contributed by atoms with Crippen LogP contribution in [0.15, 0.2) is 58.1 Å². The number of thioether (sulfide) groups is 1. The molecule has 0 atom stereocenters. The molecule has 2 heterocycles. The number of nitrogens with zero attached hydrogens (tertiary/aromatic N) is 3. The zero-order valence-corrected chi connectivity index (χ0v) is 19.7. The SMILES string of the molecule is COc1cc(C=C2C(=N)N3N=C(S(C)(=O)=O)SC3=NC2=O)ccc1OCc1ccccc1C. The van der Waals surface area contributed by atoms with Gasteiger partial charge in [-0.3, -0.25) is 10.2 Å². The lowest BCUT2D eigenvalue weighted by Gasteiger charge is -2.20. The lowest BCUT2D eigenvalue weighted by Crippen LogP contribution is -2.35. The van der Waals surface area contributed by atoms with Crippen LogP contribution in [0, 0.1) is 12.3 Å². The molecule has 0 aromatic heterocycles. The lowest BCUT2D eigenvalue weighted by atomic mass is 10.1. The molecule has 0 fully saturated rings. The Labute approximate surface area is 195 Å². The number of hydrogen-bond donors (Lipinski definition) is 1. The highest BCUT2D eigenvalue weighted by atomic mass is 32.3. The summed E-state index contributed by atoms with van der Waals surface area (Å²) in [6, 6.07) is 13.1. The van der Waals surface area contributed by atoms with Gasteiger partial charge in [-0.05, 0) is 53.6 Å². The van der Waals surface area contributed by atoms with Crippen LogP contribution < -0.4 is 9.47 Å². The molecule has 2 aromatic carbocycles. The fraction of sp³-hybridized carbons (Fsp3) is 0.182. The molecule has 2 aliphatic rings. The van der Waals surface area contributed by atoms with E-state index >= 15 is 0 Å². The molecule has 0 saturated heterocycles. The van der Waals surface area contributed by atoms with Gasteiger partial charge in [0, 0.05) is 6.26 Å². The average Bonchev–Trinajstić information content (AvgIpc) is 3.21. The average molecular weight is 485 g/mol. The second-order valence-electron chi connectivity index (χ2n) is 7.28. The minimum atomic E-state index is -3.59. The monoisotopic (exact) mass is 484 g/mol. The van der Waals surface area contributed by atoms with Crippen molar-refractivity contribution in [1.29, 1.82) is 5.41 Å². The van der Waals surface area contributed by atoms with E-state index in [2.05, 4.69) is 10.1 Å². The predicted molar refractivity (Wildman–Crippen MR) is 128 cm³/mol. The number of aliphatic imine (C=N–C) groups is 1. The Balaban J connectivity index is 1.59. The number of methoxy groups -OCH3 is 1. The summed E-state index contributed by atoms with van der Waals surface area (Å²) in [5, 5.41) is 13.4. The van der Waals surface area contributed by atoms with Crippen LogP contribution in [0.3, 0.4) is 0 Å². The van der Waals surface area contributed by atoms with E-state index in [0.29, 0.717) is 23.7 Å². The van der Waals surface area contributed by atoms with Crippen LogP contribution in [0.25, 0.3) is 6.08 Å². The number of amides is 1. The first kappa shape index (κ1) is 22.7. The normalized spacial score (nSPS) is 17.1. The highest BCUT2D eigenvalue weighted by molar-refractivity contribution is 8.42. The van der Waals surface area contributed by atoms with Crippen molar-refractivity contribution in [3.63, 3.8) is 0 Å². The Morgan fingerprint density at radius 1 is 1.18 bits per heavy atom. The summed E-state index contributed by atoms with van der Waals surface area (Å²) in [5.41, 5.74) is 2.74. The molecule has 33 heavy (non-hydrogen) atoms. The van der Waals surface area contributed by atoms with Crippen LogP contribution >= 0.6 is 11.8 Å². The molecule has 1 amide bonds. The van der Waals surface area contributed by atoms with E-state index in [1.54, 1.807) is 18.2 Å². The molecule has 0 saturated carbocycles. The van der Waals surface area contributed by atoms with Gasteiger partial charge in [-0.2, -0.15) is 10.0 Å². The summed E-state index contributed by atoms with van der Waals surface area (Å²) in [5.74, 6) is 0.0927. The Morgan fingerprint density at radius 2 is 1.94 bits per heavy atom. The van der Waals surface area contributed by atoms with E-state index in [1.165, 1.54) is 13.2 Å². The second-order valence-corrected chi connectivity index (χ2v) is 10.4. The summed E-state index contributed by atoms with van der Waals surface area (Å²) in [6.45, 7) is 2.38. The van der Waals surface area contributed by atoms with Gasteiger partial charge in [0.1, 0.15) is 6.61 Å². The maximum atomic E-state index is 12.5. The summed E-state index contributed by atoms with van der Waals surface area (Å²) in [4.78, 5) is 16.4. The largest absolute Gasteiger partial charge is 0.493 e. The number of hydrogen-bond acceptors (Lipinski definition) is 8. The van der Waals surface area contributed by atoms with E-state index in [9.17, 15) is 13.2 Å². The van der Waals surface area contributed by atoms with Gasteiger partial charge in [0.05, 0.1) is 12.7 Å². The molecule has 0 unspecified atom stereocenters. The number of rotatable bonds is 5.